The maximum Gasteiger partial charge on any atom is 0.179 e. The van der Waals surface area contributed by atoms with E-state index in [0.717, 1.165) is 25.9 Å². The highest BCUT2D eigenvalue weighted by atomic mass is 19.1. The first kappa shape index (κ1) is 15.2. The second-order valence-electron chi connectivity index (χ2n) is 5.97. The number of benzene rings is 1. The molecule has 0 bridgehead atoms. The summed E-state index contributed by atoms with van der Waals surface area (Å²) in [6.45, 7) is 8.41. The number of carbonyl (C=O) groups is 1. The van der Waals surface area contributed by atoms with Gasteiger partial charge in [0.1, 0.15) is 5.82 Å². The molecule has 20 heavy (non-hydrogen) atoms. The van der Waals surface area contributed by atoms with Gasteiger partial charge < -0.3 is 0 Å². The van der Waals surface area contributed by atoms with Gasteiger partial charge in [-0.05, 0) is 62.4 Å². The minimum Gasteiger partial charge on any atom is -0.293 e. The number of carbonyl (C=O) groups excluding carboxylic acids is 1. The van der Waals surface area contributed by atoms with Crippen LogP contribution in [0.4, 0.5) is 4.39 Å². The van der Waals surface area contributed by atoms with Crippen LogP contribution in [0.2, 0.25) is 0 Å². The van der Waals surface area contributed by atoms with Gasteiger partial charge in [-0.1, -0.05) is 13.8 Å². The molecule has 1 aliphatic heterocycles. The number of ketones is 1. The van der Waals surface area contributed by atoms with E-state index in [4.69, 9.17) is 0 Å². The van der Waals surface area contributed by atoms with E-state index in [1.165, 1.54) is 18.6 Å². The van der Waals surface area contributed by atoms with E-state index in [9.17, 15) is 9.18 Å². The van der Waals surface area contributed by atoms with Gasteiger partial charge in [-0.25, -0.2) is 4.39 Å². The molecule has 2 nitrogen and oxygen atoms in total. The van der Waals surface area contributed by atoms with Crippen LogP contribution in [0.1, 0.15) is 50.4 Å². The molecular weight excluding hydrogens is 253 g/mol. The number of Topliss-reactive ketones (excluding diaryl/α,β-unsaturated/α-hetero) is 1. The molecule has 0 amide bonds. The number of hydrogen-bond donors (Lipinski definition) is 0. The summed E-state index contributed by atoms with van der Waals surface area (Å²) in [5, 5.41) is 0. The Morgan fingerprint density at radius 1 is 1.30 bits per heavy atom. The normalized spacial score (nSPS) is 20.0. The highest BCUT2D eigenvalue weighted by Gasteiger charge is 2.38. The molecule has 1 fully saturated rings. The van der Waals surface area contributed by atoms with Crippen LogP contribution in [-0.4, -0.2) is 29.8 Å². The Hall–Kier alpha value is -1.22. The third-order valence-electron chi connectivity index (χ3n) is 5.02. The number of likely N-dealkylation sites (tertiary alicyclic amines) is 1. The molecule has 110 valence electrons. The fourth-order valence-electron chi connectivity index (χ4n) is 3.15. The Morgan fingerprint density at radius 3 is 2.40 bits per heavy atom. The van der Waals surface area contributed by atoms with E-state index in [2.05, 4.69) is 18.7 Å². The van der Waals surface area contributed by atoms with E-state index in [0.29, 0.717) is 11.0 Å². The largest absolute Gasteiger partial charge is 0.293 e. The predicted octanol–water partition coefficient (Wildman–Crippen LogP) is 3.91. The van der Waals surface area contributed by atoms with E-state index >= 15 is 0 Å². The standard InChI is InChI=1S/C17H24FNO/c1-4-17(5-2)10-11-19(12-17)13(3)16(20)14-6-8-15(18)9-7-14/h6-9,13H,4-5,10-12H2,1-3H3. The van der Waals surface area contributed by atoms with Gasteiger partial charge >= 0.3 is 0 Å². The van der Waals surface area contributed by atoms with Crippen LogP contribution in [0.5, 0.6) is 0 Å². The van der Waals surface area contributed by atoms with Crippen LogP contribution in [-0.2, 0) is 0 Å². The molecule has 1 saturated heterocycles. The summed E-state index contributed by atoms with van der Waals surface area (Å²) in [6, 6.07) is 5.74. The van der Waals surface area contributed by atoms with Crippen molar-refractivity contribution in [2.24, 2.45) is 5.41 Å². The van der Waals surface area contributed by atoms with Crippen molar-refractivity contribution in [3.05, 3.63) is 35.6 Å². The van der Waals surface area contributed by atoms with Crippen molar-refractivity contribution in [2.45, 2.75) is 46.1 Å². The number of hydrogen-bond acceptors (Lipinski definition) is 2. The smallest absolute Gasteiger partial charge is 0.179 e. The van der Waals surface area contributed by atoms with Crippen molar-refractivity contribution in [3.63, 3.8) is 0 Å². The molecule has 1 heterocycles. The first-order valence-electron chi connectivity index (χ1n) is 7.55. The Morgan fingerprint density at radius 2 is 1.90 bits per heavy atom. The van der Waals surface area contributed by atoms with Crippen molar-refractivity contribution in [2.75, 3.05) is 13.1 Å². The fraction of sp³-hybridized carbons (Fsp3) is 0.588. The van der Waals surface area contributed by atoms with Crippen LogP contribution in [0.3, 0.4) is 0 Å². The minimum absolute atomic E-state index is 0.0907. The summed E-state index contributed by atoms with van der Waals surface area (Å²) in [7, 11) is 0. The maximum absolute atomic E-state index is 12.9. The topological polar surface area (TPSA) is 20.3 Å². The third kappa shape index (κ3) is 2.93. The molecule has 1 aromatic rings. The van der Waals surface area contributed by atoms with Crippen LogP contribution in [0.25, 0.3) is 0 Å². The summed E-state index contributed by atoms with van der Waals surface area (Å²) in [6.07, 6.45) is 3.50. The summed E-state index contributed by atoms with van der Waals surface area (Å²) >= 11 is 0. The molecule has 3 heteroatoms. The highest BCUT2D eigenvalue weighted by Crippen LogP contribution is 2.38. The van der Waals surface area contributed by atoms with Crippen molar-refractivity contribution < 1.29 is 9.18 Å². The third-order valence-corrected chi connectivity index (χ3v) is 5.02. The number of rotatable bonds is 5. The lowest BCUT2D eigenvalue weighted by Crippen LogP contribution is -2.39. The lowest BCUT2D eigenvalue weighted by Gasteiger charge is -2.29. The van der Waals surface area contributed by atoms with Gasteiger partial charge in [-0.3, -0.25) is 9.69 Å². The molecule has 0 spiro atoms. The lowest BCUT2D eigenvalue weighted by molar-refractivity contribution is 0.0849. The molecule has 0 aliphatic carbocycles. The molecular formula is C17H24FNO. The van der Waals surface area contributed by atoms with Gasteiger partial charge in [0.05, 0.1) is 6.04 Å². The molecule has 0 radical (unpaired) electrons. The van der Waals surface area contributed by atoms with Gasteiger partial charge in [0, 0.05) is 12.1 Å². The van der Waals surface area contributed by atoms with Crippen molar-refractivity contribution in [1.29, 1.82) is 0 Å². The van der Waals surface area contributed by atoms with Crippen molar-refractivity contribution in [1.82, 2.24) is 4.90 Å². The summed E-state index contributed by atoms with van der Waals surface area (Å²) in [5.74, 6) is -0.209. The van der Waals surface area contributed by atoms with Gasteiger partial charge in [0.2, 0.25) is 0 Å². The molecule has 0 N–H and O–H groups in total. The first-order chi connectivity index (χ1) is 9.51. The molecule has 1 aromatic carbocycles. The zero-order chi connectivity index (χ0) is 14.8. The average Bonchev–Trinajstić information content (AvgIpc) is 2.92. The average molecular weight is 277 g/mol. The summed E-state index contributed by atoms with van der Waals surface area (Å²) in [5.41, 5.74) is 0.974. The number of halogens is 1. The molecule has 0 aromatic heterocycles. The first-order valence-corrected chi connectivity index (χ1v) is 7.55. The summed E-state index contributed by atoms with van der Waals surface area (Å²) < 4.78 is 12.9. The number of nitrogens with zero attached hydrogens (tertiary/aromatic N) is 1. The molecule has 1 aliphatic rings. The van der Waals surface area contributed by atoms with Gasteiger partial charge in [-0.15, -0.1) is 0 Å². The fourth-order valence-corrected chi connectivity index (χ4v) is 3.15. The van der Waals surface area contributed by atoms with Crippen LogP contribution < -0.4 is 0 Å². The quantitative estimate of drug-likeness (QED) is 0.761. The lowest BCUT2D eigenvalue weighted by atomic mass is 9.82. The Labute approximate surface area is 121 Å². The van der Waals surface area contributed by atoms with E-state index in [1.807, 2.05) is 6.92 Å². The maximum atomic E-state index is 12.9. The highest BCUT2D eigenvalue weighted by molar-refractivity contribution is 5.99. The minimum atomic E-state index is -0.300. The Balaban J connectivity index is 2.07. The molecule has 1 unspecified atom stereocenters. The molecule has 0 saturated carbocycles. The zero-order valence-corrected chi connectivity index (χ0v) is 12.7. The van der Waals surface area contributed by atoms with Crippen LogP contribution in [0, 0.1) is 11.2 Å². The predicted molar refractivity (Wildman–Crippen MR) is 79.4 cm³/mol. The Kier molecular flexibility index (Phi) is 4.59. The molecule has 1 atom stereocenters. The van der Waals surface area contributed by atoms with E-state index < -0.39 is 0 Å². The van der Waals surface area contributed by atoms with Gasteiger partial charge in [0.15, 0.2) is 5.78 Å². The second-order valence-corrected chi connectivity index (χ2v) is 5.97. The van der Waals surface area contributed by atoms with Gasteiger partial charge in [-0.2, -0.15) is 0 Å². The SMILES string of the molecule is CCC1(CC)CCN(C(C)C(=O)c2ccc(F)cc2)C1. The second kappa shape index (κ2) is 6.04. The molecule has 2 rings (SSSR count). The van der Waals surface area contributed by atoms with Crippen LogP contribution >= 0.6 is 0 Å². The van der Waals surface area contributed by atoms with E-state index in [-0.39, 0.29) is 17.6 Å². The van der Waals surface area contributed by atoms with Gasteiger partial charge in [0.25, 0.3) is 0 Å². The zero-order valence-electron chi connectivity index (χ0n) is 12.7. The van der Waals surface area contributed by atoms with Crippen molar-refractivity contribution in [3.8, 4) is 0 Å². The summed E-state index contributed by atoms with van der Waals surface area (Å²) in [4.78, 5) is 14.7. The van der Waals surface area contributed by atoms with E-state index in [1.54, 1.807) is 12.1 Å². The monoisotopic (exact) mass is 277 g/mol. The van der Waals surface area contributed by atoms with Crippen LogP contribution in [0.15, 0.2) is 24.3 Å². The Bertz CT molecular complexity index is 464. The van der Waals surface area contributed by atoms with Crippen molar-refractivity contribution >= 4 is 5.78 Å².